The first-order valence-corrected chi connectivity index (χ1v) is 5.70. The highest BCUT2D eigenvalue weighted by molar-refractivity contribution is 5.75. The standard InChI is InChI=1S/C11H11F3N2O5/c1-3-20-8(17)5-7-4-6(2)15-10(9(7)16(18)19)21-11(12,13)14/h4H,3,5H2,1-2H3. The van der Waals surface area contributed by atoms with Crippen molar-refractivity contribution in [2.24, 2.45) is 0 Å². The number of halogens is 3. The van der Waals surface area contributed by atoms with E-state index in [1.54, 1.807) is 0 Å². The summed E-state index contributed by atoms with van der Waals surface area (Å²) < 4.78 is 44.9. The molecule has 0 saturated carbocycles. The normalized spacial score (nSPS) is 11.1. The van der Waals surface area contributed by atoms with Gasteiger partial charge in [0.1, 0.15) is 0 Å². The summed E-state index contributed by atoms with van der Waals surface area (Å²) in [6, 6.07) is 1.14. The maximum absolute atomic E-state index is 12.3. The summed E-state index contributed by atoms with van der Waals surface area (Å²) in [5.74, 6) is -2.00. The Morgan fingerprint density at radius 2 is 2.10 bits per heavy atom. The van der Waals surface area contributed by atoms with Gasteiger partial charge in [-0.05, 0) is 19.9 Å². The number of alkyl halides is 3. The average molecular weight is 308 g/mol. The number of esters is 1. The summed E-state index contributed by atoms with van der Waals surface area (Å²) in [5, 5.41) is 10.9. The molecule has 0 saturated heterocycles. The number of carbonyl (C=O) groups is 1. The molecule has 0 amide bonds. The molecule has 0 radical (unpaired) electrons. The zero-order chi connectivity index (χ0) is 16.2. The first-order chi connectivity index (χ1) is 9.64. The monoisotopic (exact) mass is 308 g/mol. The van der Waals surface area contributed by atoms with E-state index in [-0.39, 0.29) is 17.9 Å². The summed E-state index contributed by atoms with van der Waals surface area (Å²) in [6.07, 6.45) is -5.69. The van der Waals surface area contributed by atoms with Crippen molar-refractivity contribution in [3.63, 3.8) is 0 Å². The van der Waals surface area contributed by atoms with Gasteiger partial charge in [0.25, 0.3) is 0 Å². The number of aryl methyl sites for hydroxylation is 1. The van der Waals surface area contributed by atoms with Crippen LogP contribution in [-0.2, 0) is 16.0 Å². The molecular weight excluding hydrogens is 297 g/mol. The number of pyridine rings is 1. The molecule has 0 aliphatic carbocycles. The Morgan fingerprint density at radius 1 is 1.48 bits per heavy atom. The lowest BCUT2D eigenvalue weighted by molar-refractivity contribution is -0.389. The molecule has 0 aromatic carbocycles. The fourth-order valence-electron chi connectivity index (χ4n) is 1.58. The zero-order valence-electron chi connectivity index (χ0n) is 11.1. The van der Waals surface area contributed by atoms with Crippen LogP contribution in [0.3, 0.4) is 0 Å². The van der Waals surface area contributed by atoms with Crippen molar-refractivity contribution in [1.29, 1.82) is 0 Å². The Hall–Kier alpha value is -2.39. The van der Waals surface area contributed by atoms with E-state index in [4.69, 9.17) is 0 Å². The summed E-state index contributed by atoms with van der Waals surface area (Å²) >= 11 is 0. The van der Waals surface area contributed by atoms with Crippen LogP contribution in [0, 0.1) is 17.0 Å². The number of carbonyl (C=O) groups excluding carboxylic acids is 1. The molecule has 1 heterocycles. The predicted molar refractivity (Wildman–Crippen MR) is 62.6 cm³/mol. The molecule has 7 nitrogen and oxygen atoms in total. The van der Waals surface area contributed by atoms with E-state index >= 15 is 0 Å². The first kappa shape index (κ1) is 16.7. The SMILES string of the molecule is CCOC(=O)Cc1cc(C)nc(OC(F)(F)F)c1[N+](=O)[O-]. The molecule has 116 valence electrons. The molecule has 1 rings (SSSR count). The van der Waals surface area contributed by atoms with Crippen LogP contribution in [0.1, 0.15) is 18.2 Å². The lowest BCUT2D eigenvalue weighted by Gasteiger charge is -2.11. The summed E-state index contributed by atoms with van der Waals surface area (Å²) in [5.41, 5.74) is -1.23. The molecule has 0 aliphatic rings. The largest absolute Gasteiger partial charge is 0.574 e. The van der Waals surface area contributed by atoms with Crippen molar-refractivity contribution in [3.05, 3.63) is 27.4 Å². The van der Waals surface area contributed by atoms with Gasteiger partial charge in [-0.2, -0.15) is 0 Å². The maximum Gasteiger partial charge on any atom is 0.574 e. The van der Waals surface area contributed by atoms with Gasteiger partial charge in [0, 0.05) is 11.3 Å². The molecule has 0 bridgehead atoms. The number of aromatic nitrogens is 1. The lowest BCUT2D eigenvalue weighted by Crippen LogP contribution is -2.20. The van der Waals surface area contributed by atoms with E-state index in [0.717, 1.165) is 6.07 Å². The van der Waals surface area contributed by atoms with Crippen LogP contribution in [-0.4, -0.2) is 28.8 Å². The van der Waals surface area contributed by atoms with Crippen molar-refractivity contribution < 1.29 is 32.4 Å². The van der Waals surface area contributed by atoms with Gasteiger partial charge in [-0.15, -0.1) is 13.2 Å². The number of rotatable bonds is 5. The molecule has 0 aliphatic heterocycles. The lowest BCUT2D eigenvalue weighted by atomic mass is 10.1. The highest BCUT2D eigenvalue weighted by Crippen LogP contribution is 2.34. The Balaban J connectivity index is 3.29. The first-order valence-electron chi connectivity index (χ1n) is 5.70. The molecule has 0 N–H and O–H groups in total. The van der Waals surface area contributed by atoms with E-state index in [0.29, 0.717) is 0 Å². The van der Waals surface area contributed by atoms with Gasteiger partial charge in [0.05, 0.1) is 18.0 Å². The predicted octanol–water partition coefficient (Wildman–Crippen LogP) is 2.30. The molecule has 0 fully saturated rings. The quantitative estimate of drug-likeness (QED) is 0.471. The minimum absolute atomic E-state index is 0.0409. The summed E-state index contributed by atoms with van der Waals surface area (Å²) in [7, 11) is 0. The third-order valence-corrected chi connectivity index (χ3v) is 2.20. The van der Waals surface area contributed by atoms with Gasteiger partial charge >= 0.3 is 23.9 Å². The van der Waals surface area contributed by atoms with Crippen LogP contribution in [0.4, 0.5) is 18.9 Å². The highest BCUT2D eigenvalue weighted by atomic mass is 19.4. The van der Waals surface area contributed by atoms with Crippen molar-refractivity contribution in [2.45, 2.75) is 26.6 Å². The van der Waals surface area contributed by atoms with Crippen LogP contribution in [0.5, 0.6) is 5.88 Å². The van der Waals surface area contributed by atoms with Crippen molar-refractivity contribution in [1.82, 2.24) is 4.98 Å². The van der Waals surface area contributed by atoms with Crippen LogP contribution in [0.2, 0.25) is 0 Å². The molecule has 1 aromatic heterocycles. The molecule has 0 atom stereocenters. The van der Waals surface area contributed by atoms with Crippen molar-refractivity contribution in [3.8, 4) is 5.88 Å². The fourth-order valence-corrected chi connectivity index (χ4v) is 1.58. The fraction of sp³-hybridized carbons (Fsp3) is 0.455. The van der Waals surface area contributed by atoms with Gasteiger partial charge in [-0.25, -0.2) is 4.98 Å². The second-order valence-electron chi connectivity index (χ2n) is 3.86. The third kappa shape index (κ3) is 4.89. The van der Waals surface area contributed by atoms with Crippen molar-refractivity contribution in [2.75, 3.05) is 6.61 Å². The zero-order valence-corrected chi connectivity index (χ0v) is 11.1. The Kier molecular flexibility index (Phi) is 5.06. The number of hydrogen-bond donors (Lipinski definition) is 0. The number of nitrogens with zero attached hydrogens (tertiary/aromatic N) is 2. The maximum atomic E-state index is 12.3. The number of nitro groups is 1. The molecule has 10 heteroatoms. The minimum atomic E-state index is -5.13. The molecule has 1 aromatic rings. The number of hydrogen-bond acceptors (Lipinski definition) is 6. The topological polar surface area (TPSA) is 91.6 Å². The van der Waals surface area contributed by atoms with E-state index in [1.165, 1.54) is 13.8 Å². The summed E-state index contributed by atoms with van der Waals surface area (Å²) in [4.78, 5) is 24.6. The molecular formula is C11H11F3N2O5. The number of ether oxygens (including phenoxy) is 2. The van der Waals surface area contributed by atoms with E-state index in [1.807, 2.05) is 0 Å². The minimum Gasteiger partial charge on any atom is -0.466 e. The second-order valence-corrected chi connectivity index (χ2v) is 3.86. The Morgan fingerprint density at radius 3 is 2.57 bits per heavy atom. The molecule has 0 spiro atoms. The molecule has 0 unspecified atom stereocenters. The van der Waals surface area contributed by atoms with Gasteiger partial charge < -0.3 is 9.47 Å². The second kappa shape index (κ2) is 6.37. The Labute approximate surface area is 116 Å². The molecule has 21 heavy (non-hydrogen) atoms. The van der Waals surface area contributed by atoms with Crippen LogP contribution >= 0.6 is 0 Å². The van der Waals surface area contributed by atoms with Crippen LogP contribution in [0.25, 0.3) is 0 Å². The smallest absolute Gasteiger partial charge is 0.466 e. The van der Waals surface area contributed by atoms with Crippen LogP contribution in [0.15, 0.2) is 6.07 Å². The highest BCUT2D eigenvalue weighted by Gasteiger charge is 2.37. The van der Waals surface area contributed by atoms with E-state index in [2.05, 4.69) is 14.5 Å². The van der Waals surface area contributed by atoms with Gasteiger partial charge in [-0.3, -0.25) is 14.9 Å². The Bertz CT molecular complexity index is 560. The summed E-state index contributed by atoms with van der Waals surface area (Å²) in [6.45, 7) is 2.90. The van der Waals surface area contributed by atoms with Gasteiger partial charge in [-0.1, -0.05) is 0 Å². The van der Waals surface area contributed by atoms with Crippen LogP contribution < -0.4 is 4.74 Å². The van der Waals surface area contributed by atoms with Gasteiger partial charge in [0.15, 0.2) is 0 Å². The van der Waals surface area contributed by atoms with E-state index in [9.17, 15) is 28.1 Å². The van der Waals surface area contributed by atoms with E-state index < -0.39 is 35.2 Å². The third-order valence-electron chi connectivity index (χ3n) is 2.20. The average Bonchev–Trinajstić information content (AvgIpc) is 2.24. The van der Waals surface area contributed by atoms with Gasteiger partial charge in [0.2, 0.25) is 0 Å². The van der Waals surface area contributed by atoms with Crippen molar-refractivity contribution >= 4 is 11.7 Å².